The molecule has 1 amide bonds. The normalized spacial score (nSPS) is 23.1. The molecule has 1 fully saturated rings. The van der Waals surface area contributed by atoms with E-state index in [9.17, 15) is 4.79 Å². The lowest BCUT2D eigenvalue weighted by Gasteiger charge is -2.30. The van der Waals surface area contributed by atoms with Crippen molar-refractivity contribution in [3.05, 3.63) is 47.8 Å². The fraction of sp³-hybridized carbons (Fsp3) is 0.524. The maximum Gasteiger partial charge on any atom is 0.234 e. The van der Waals surface area contributed by atoms with Gasteiger partial charge in [-0.05, 0) is 44.2 Å². The van der Waals surface area contributed by atoms with Crippen LogP contribution in [0.25, 0.3) is 0 Å². The van der Waals surface area contributed by atoms with Crippen molar-refractivity contribution in [1.29, 1.82) is 0 Å². The smallest absolute Gasteiger partial charge is 0.234 e. The van der Waals surface area contributed by atoms with E-state index in [4.69, 9.17) is 4.74 Å². The van der Waals surface area contributed by atoms with E-state index < -0.39 is 0 Å². The molecule has 0 radical (unpaired) electrons. The highest BCUT2D eigenvalue weighted by molar-refractivity contribution is 5.78. The van der Waals surface area contributed by atoms with Gasteiger partial charge in [0.15, 0.2) is 0 Å². The average molecular weight is 368 g/mol. The van der Waals surface area contributed by atoms with Crippen LogP contribution in [0.2, 0.25) is 0 Å². The molecule has 6 heteroatoms. The van der Waals surface area contributed by atoms with Crippen molar-refractivity contribution < 1.29 is 9.53 Å². The number of nitrogens with zero attached hydrogens (tertiary/aromatic N) is 3. The number of hydrogen-bond acceptors (Lipinski definition) is 4. The second-order valence-electron chi connectivity index (χ2n) is 7.74. The number of aromatic nitrogens is 2. The van der Waals surface area contributed by atoms with Gasteiger partial charge in [0, 0.05) is 30.9 Å². The van der Waals surface area contributed by atoms with Crippen LogP contribution in [0.3, 0.4) is 0 Å². The van der Waals surface area contributed by atoms with Gasteiger partial charge in [0.1, 0.15) is 12.4 Å². The summed E-state index contributed by atoms with van der Waals surface area (Å²) < 4.78 is 7.87. The summed E-state index contributed by atoms with van der Waals surface area (Å²) in [4.78, 5) is 14.7. The van der Waals surface area contributed by atoms with Crippen molar-refractivity contribution >= 4 is 5.91 Å². The van der Waals surface area contributed by atoms with E-state index in [0.29, 0.717) is 19.2 Å². The summed E-state index contributed by atoms with van der Waals surface area (Å²) in [5.74, 6) is 1.06. The first-order chi connectivity index (χ1) is 13.2. The molecule has 27 heavy (non-hydrogen) atoms. The predicted octanol–water partition coefficient (Wildman–Crippen LogP) is 2.69. The fourth-order valence-corrected chi connectivity index (χ4v) is 4.11. The van der Waals surface area contributed by atoms with Crippen molar-refractivity contribution in [3.63, 3.8) is 0 Å². The second-order valence-corrected chi connectivity index (χ2v) is 7.74. The van der Waals surface area contributed by atoms with Crippen molar-refractivity contribution in [3.8, 4) is 5.75 Å². The average Bonchev–Trinajstić information content (AvgIpc) is 2.99. The third-order valence-corrected chi connectivity index (χ3v) is 5.57. The molecule has 2 aliphatic rings. The third kappa shape index (κ3) is 4.50. The van der Waals surface area contributed by atoms with Crippen LogP contribution in [-0.4, -0.2) is 46.3 Å². The Balaban J connectivity index is 1.25. The Hall–Kier alpha value is -2.34. The molecule has 1 N–H and O–H groups in total. The molecule has 1 aromatic heterocycles. The Morgan fingerprint density at radius 1 is 1.26 bits per heavy atom. The van der Waals surface area contributed by atoms with E-state index in [-0.39, 0.29) is 11.9 Å². The maximum atomic E-state index is 12.5. The minimum absolute atomic E-state index is 0.118. The molecular weight excluding hydrogens is 340 g/mol. The van der Waals surface area contributed by atoms with Gasteiger partial charge in [0.2, 0.25) is 5.91 Å². The number of para-hydroxylation sites is 1. The first kappa shape index (κ1) is 18.0. The Bertz CT molecular complexity index is 780. The van der Waals surface area contributed by atoms with E-state index >= 15 is 0 Å². The van der Waals surface area contributed by atoms with Crippen LogP contribution in [0.5, 0.6) is 5.75 Å². The molecular formula is C21H28N4O2. The van der Waals surface area contributed by atoms with Crippen molar-refractivity contribution in [2.75, 3.05) is 19.7 Å². The van der Waals surface area contributed by atoms with Crippen LogP contribution >= 0.6 is 0 Å². The molecule has 1 aromatic carbocycles. The SMILES string of the molecule is Cc1cnn(C2CCC(NC(=O)CN3CCOc4ccccc4C3)CC2)c1. The summed E-state index contributed by atoms with van der Waals surface area (Å²) in [6.45, 7) is 4.65. The summed E-state index contributed by atoms with van der Waals surface area (Å²) in [5, 5.41) is 7.68. The molecule has 2 aromatic rings. The zero-order valence-corrected chi connectivity index (χ0v) is 15.9. The molecule has 6 nitrogen and oxygen atoms in total. The number of ether oxygens (including phenoxy) is 1. The Kier molecular flexibility index (Phi) is 5.43. The van der Waals surface area contributed by atoms with Crippen LogP contribution in [0.1, 0.15) is 42.9 Å². The van der Waals surface area contributed by atoms with Gasteiger partial charge < -0.3 is 10.1 Å². The Morgan fingerprint density at radius 3 is 2.85 bits per heavy atom. The molecule has 0 spiro atoms. The Labute approximate surface area is 160 Å². The van der Waals surface area contributed by atoms with Crippen LogP contribution in [0, 0.1) is 6.92 Å². The van der Waals surface area contributed by atoms with Crippen LogP contribution in [-0.2, 0) is 11.3 Å². The topological polar surface area (TPSA) is 59.4 Å². The maximum absolute atomic E-state index is 12.5. The minimum atomic E-state index is 0.118. The van der Waals surface area contributed by atoms with E-state index in [1.165, 1.54) is 5.56 Å². The number of fused-ring (bicyclic) bond motifs is 1. The highest BCUT2D eigenvalue weighted by Crippen LogP contribution is 2.28. The summed E-state index contributed by atoms with van der Waals surface area (Å²) in [6.07, 6.45) is 8.19. The molecule has 1 aliphatic heterocycles. The van der Waals surface area contributed by atoms with Gasteiger partial charge in [-0.3, -0.25) is 14.4 Å². The van der Waals surface area contributed by atoms with E-state index in [2.05, 4.69) is 39.2 Å². The number of benzene rings is 1. The molecule has 144 valence electrons. The van der Waals surface area contributed by atoms with Crippen LogP contribution in [0.4, 0.5) is 0 Å². The van der Waals surface area contributed by atoms with Crippen molar-refractivity contribution in [1.82, 2.24) is 20.0 Å². The van der Waals surface area contributed by atoms with E-state index in [0.717, 1.165) is 50.1 Å². The molecule has 1 saturated carbocycles. The van der Waals surface area contributed by atoms with Gasteiger partial charge in [-0.25, -0.2) is 0 Å². The van der Waals surface area contributed by atoms with Gasteiger partial charge in [0.05, 0.1) is 18.8 Å². The summed E-state index contributed by atoms with van der Waals surface area (Å²) in [7, 11) is 0. The highest BCUT2D eigenvalue weighted by atomic mass is 16.5. The van der Waals surface area contributed by atoms with E-state index in [1.54, 1.807) is 0 Å². The van der Waals surface area contributed by atoms with Crippen LogP contribution in [0.15, 0.2) is 36.7 Å². The molecule has 1 aliphatic carbocycles. The van der Waals surface area contributed by atoms with Crippen LogP contribution < -0.4 is 10.1 Å². The number of carbonyl (C=O) groups is 1. The standard InChI is InChI=1S/C21H28N4O2/c1-16-12-22-25(13-16)19-8-6-18(7-9-19)23-21(26)15-24-10-11-27-20-5-3-2-4-17(20)14-24/h2-5,12-13,18-19H,6-11,14-15H2,1H3,(H,23,26). The zero-order chi connectivity index (χ0) is 18.6. The van der Waals surface area contributed by atoms with Gasteiger partial charge in [0.25, 0.3) is 0 Å². The molecule has 2 heterocycles. The second kappa shape index (κ2) is 8.13. The Morgan fingerprint density at radius 2 is 2.07 bits per heavy atom. The first-order valence-electron chi connectivity index (χ1n) is 9.90. The lowest BCUT2D eigenvalue weighted by atomic mass is 9.91. The molecule has 0 saturated heterocycles. The van der Waals surface area contributed by atoms with Gasteiger partial charge >= 0.3 is 0 Å². The number of aryl methyl sites for hydroxylation is 1. The number of carbonyl (C=O) groups excluding carboxylic acids is 1. The minimum Gasteiger partial charge on any atom is -0.492 e. The number of nitrogens with one attached hydrogen (secondary N) is 1. The summed E-state index contributed by atoms with van der Waals surface area (Å²) >= 11 is 0. The monoisotopic (exact) mass is 368 g/mol. The summed E-state index contributed by atoms with van der Waals surface area (Å²) in [6, 6.07) is 8.82. The van der Waals surface area contributed by atoms with Gasteiger partial charge in [-0.2, -0.15) is 5.10 Å². The predicted molar refractivity (Wildman–Crippen MR) is 104 cm³/mol. The molecule has 0 atom stereocenters. The van der Waals surface area contributed by atoms with Gasteiger partial charge in [-0.1, -0.05) is 18.2 Å². The first-order valence-corrected chi connectivity index (χ1v) is 9.90. The lowest BCUT2D eigenvalue weighted by Crippen LogP contribution is -2.44. The fourth-order valence-electron chi connectivity index (χ4n) is 4.11. The van der Waals surface area contributed by atoms with Crippen molar-refractivity contribution in [2.24, 2.45) is 0 Å². The summed E-state index contributed by atoms with van der Waals surface area (Å²) in [5.41, 5.74) is 2.35. The quantitative estimate of drug-likeness (QED) is 0.901. The number of hydrogen-bond donors (Lipinski definition) is 1. The molecule has 0 bridgehead atoms. The number of rotatable bonds is 4. The number of amides is 1. The molecule has 0 unspecified atom stereocenters. The van der Waals surface area contributed by atoms with Gasteiger partial charge in [-0.15, -0.1) is 0 Å². The third-order valence-electron chi connectivity index (χ3n) is 5.57. The van der Waals surface area contributed by atoms with Crippen molar-refractivity contribution in [2.45, 2.75) is 51.2 Å². The van der Waals surface area contributed by atoms with E-state index in [1.807, 2.05) is 24.4 Å². The lowest BCUT2D eigenvalue weighted by molar-refractivity contribution is -0.123. The highest BCUT2D eigenvalue weighted by Gasteiger charge is 2.25. The molecule has 4 rings (SSSR count). The largest absolute Gasteiger partial charge is 0.492 e. The zero-order valence-electron chi connectivity index (χ0n) is 15.9.